The molecule has 1 aliphatic heterocycles. The highest BCUT2D eigenvalue weighted by Gasteiger charge is 2.28. The molecule has 2 aromatic heterocycles. The second kappa shape index (κ2) is 7.17. The molecule has 7 nitrogen and oxygen atoms in total. The van der Waals surface area contributed by atoms with Crippen molar-refractivity contribution in [3.8, 4) is 0 Å². The topological polar surface area (TPSA) is 98.3 Å². The monoisotopic (exact) mass is 431 g/mol. The van der Waals surface area contributed by atoms with Gasteiger partial charge >= 0.3 is 0 Å². The van der Waals surface area contributed by atoms with Gasteiger partial charge in [-0.1, -0.05) is 43.3 Å². The zero-order valence-corrected chi connectivity index (χ0v) is 17.3. The summed E-state index contributed by atoms with van der Waals surface area (Å²) in [5.74, 6) is 0.216. The van der Waals surface area contributed by atoms with Gasteiger partial charge in [-0.15, -0.1) is 11.3 Å². The molecule has 0 radical (unpaired) electrons. The lowest BCUT2D eigenvalue weighted by Crippen LogP contribution is -2.23. The van der Waals surface area contributed by atoms with Gasteiger partial charge in [0.1, 0.15) is 16.4 Å². The number of fused-ring (bicyclic) bond motifs is 4. The van der Waals surface area contributed by atoms with Crippen LogP contribution in [0.3, 0.4) is 0 Å². The minimum atomic E-state index is -0.506. The molecule has 31 heavy (non-hydrogen) atoms. The van der Waals surface area contributed by atoms with Gasteiger partial charge in [-0.2, -0.15) is 4.98 Å². The van der Waals surface area contributed by atoms with E-state index in [1.54, 1.807) is 17.4 Å². The molecule has 0 aliphatic carbocycles. The minimum Gasteiger partial charge on any atom is -0.507 e. The molecule has 8 heteroatoms. The maximum Gasteiger partial charge on any atom is 0.281 e. The summed E-state index contributed by atoms with van der Waals surface area (Å²) >= 11 is 1.55. The Morgan fingerprint density at radius 3 is 2.81 bits per heavy atom. The minimum absolute atomic E-state index is 0.125. The predicted octanol–water partition coefficient (Wildman–Crippen LogP) is 4.76. The number of benzene rings is 2. The van der Waals surface area contributed by atoms with Gasteiger partial charge < -0.3 is 9.67 Å². The van der Waals surface area contributed by atoms with Gasteiger partial charge in [0.05, 0.1) is 22.4 Å². The first-order valence-electron chi connectivity index (χ1n) is 9.78. The summed E-state index contributed by atoms with van der Waals surface area (Å²) in [6, 6.07) is 15.3. The van der Waals surface area contributed by atoms with Crippen LogP contribution < -0.4 is 5.56 Å². The lowest BCUT2D eigenvalue weighted by Gasteiger charge is -2.25. The van der Waals surface area contributed by atoms with E-state index in [0.29, 0.717) is 28.9 Å². The first kappa shape index (κ1) is 19.2. The molecule has 3 heterocycles. The van der Waals surface area contributed by atoms with E-state index in [1.807, 2.05) is 41.8 Å². The largest absolute Gasteiger partial charge is 0.507 e. The van der Waals surface area contributed by atoms with Crippen molar-refractivity contribution in [2.75, 3.05) is 0 Å². The highest BCUT2D eigenvalue weighted by Crippen LogP contribution is 2.38. The number of nitro benzene ring substituents is 1. The molecule has 1 aliphatic rings. The maximum atomic E-state index is 12.8. The highest BCUT2D eigenvalue weighted by molar-refractivity contribution is 7.18. The summed E-state index contributed by atoms with van der Waals surface area (Å²) in [6.07, 6.45) is 0.812. The van der Waals surface area contributed by atoms with Crippen LogP contribution in [0.2, 0.25) is 0 Å². The van der Waals surface area contributed by atoms with Gasteiger partial charge in [0.15, 0.2) is 0 Å². The zero-order valence-electron chi connectivity index (χ0n) is 16.5. The van der Waals surface area contributed by atoms with Crippen LogP contribution in [-0.4, -0.2) is 19.6 Å². The molecule has 5 rings (SSSR count). The normalized spacial score (nSPS) is 14.2. The van der Waals surface area contributed by atoms with E-state index in [1.165, 1.54) is 18.2 Å². The number of aliphatic hydroxyl groups excluding tert-OH is 1. The third kappa shape index (κ3) is 3.03. The van der Waals surface area contributed by atoms with Crippen molar-refractivity contribution in [3.05, 3.63) is 102 Å². The Balaban J connectivity index is 1.86. The van der Waals surface area contributed by atoms with Crippen molar-refractivity contribution in [1.82, 2.24) is 9.55 Å². The fourth-order valence-electron chi connectivity index (χ4n) is 3.95. The van der Waals surface area contributed by atoms with Gasteiger partial charge in [-0.3, -0.25) is 14.9 Å². The first-order chi connectivity index (χ1) is 15.0. The number of nitrogens with zero attached hydrogens (tertiary/aromatic N) is 3. The summed E-state index contributed by atoms with van der Waals surface area (Å²) in [6.45, 7) is 2.55. The van der Waals surface area contributed by atoms with E-state index in [2.05, 4.69) is 4.98 Å². The number of nitro groups is 1. The molecule has 0 saturated carbocycles. The average molecular weight is 431 g/mol. The van der Waals surface area contributed by atoms with Crippen molar-refractivity contribution in [2.24, 2.45) is 0 Å². The number of aliphatic hydroxyl groups is 1. The van der Waals surface area contributed by atoms with Crippen LogP contribution in [0, 0.1) is 10.1 Å². The number of aryl methyl sites for hydroxylation is 1. The second-order valence-corrected chi connectivity index (χ2v) is 8.42. The summed E-state index contributed by atoms with van der Waals surface area (Å²) in [5.41, 5.74) is 1.95. The summed E-state index contributed by atoms with van der Waals surface area (Å²) in [5, 5.41) is 23.1. The molecular formula is C23H17N3O4S. The van der Waals surface area contributed by atoms with E-state index in [0.717, 1.165) is 27.3 Å². The lowest BCUT2D eigenvalue weighted by molar-refractivity contribution is -0.384. The fraction of sp³-hybridized carbons (Fsp3) is 0.130. The molecule has 1 N–H and O–H groups in total. The third-order valence-electron chi connectivity index (χ3n) is 5.46. The Morgan fingerprint density at radius 1 is 1.23 bits per heavy atom. The molecule has 0 spiro atoms. The van der Waals surface area contributed by atoms with Gasteiger partial charge in [-0.25, -0.2) is 0 Å². The van der Waals surface area contributed by atoms with E-state index < -0.39 is 4.92 Å². The average Bonchev–Trinajstić information content (AvgIpc) is 3.23. The maximum absolute atomic E-state index is 12.8. The van der Waals surface area contributed by atoms with Crippen molar-refractivity contribution in [1.29, 1.82) is 0 Å². The Morgan fingerprint density at radius 2 is 2.03 bits per heavy atom. The summed E-state index contributed by atoms with van der Waals surface area (Å²) in [7, 11) is 0. The number of thiophene rings is 1. The number of hydrogen-bond acceptors (Lipinski definition) is 6. The van der Waals surface area contributed by atoms with Crippen LogP contribution in [0.1, 0.15) is 34.3 Å². The van der Waals surface area contributed by atoms with Crippen LogP contribution in [0.4, 0.5) is 5.69 Å². The molecule has 0 unspecified atom stereocenters. The van der Waals surface area contributed by atoms with Crippen LogP contribution in [0.25, 0.3) is 21.5 Å². The van der Waals surface area contributed by atoms with E-state index >= 15 is 0 Å². The van der Waals surface area contributed by atoms with E-state index in [4.69, 9.17) is 0 Å². The van der Waals surface area contributed by atoms with Crippen LogP contribution >= 0.6 is 11.3 Å². The Bertz CT molecular complexity index is 1470. The van der Waals surface area contributed by atoms with Crippen LogP contribution in [0.5, 0.6) is 0 Å². The summed E-state index contributed by atoms with van der Waals surface area (Å²) in [4.78, 5) is 29.8. The van der Waals surface area contributed by atoms with Gasteiger partial charge in [-0.05, 0) is 23.6 Å². The molecule has 154 valence electrons. The molecule has 0 saturated heterocycles. The lowest BCUT2D eigenvalue weighted by atomic mass is 9.92. The van der Waals surface area contributed by atoms with Crippen molar-refractivity contribution in [3.63, 3.8) is 0 Å². The standard InChI is InChI=1S/C23H17N3O4S/c1-2-16-11-18-22(28)24-21-19(20(27)13-7-5-8-15(10-13)26(29)30)17-9-4-3-6-14(17)12-25(21)23(18)31-16/h3-11,27H,2,12H2,1H3. The van der Waals surface area contributed by atoms with E-state index in [9.17, 15) is 20.0 Å². The smallest absolute Gasteiger partial charge is 0.281 e. The van der Waals surface area contributed by atoms with Crippen LogP contribution in [-0.2, 0) is 13.0 Å². The van der Waals surface area contributed by atoms with Gasteiger partial charge in [0.2, 0.25) is 0 Å². The predicted molar refractivity (Wildman–Crippen MR) is 120 cm³/mol. The molecule has 2 aromatic carbocycles. The molecule has 0 atom stereocenters. The molecule has 0 bridgehead atoms. The zero-order chi connectivity index (χ0) is 21.7. The van der Waals surface area contributed by atoms with Crippen molar-refractivity contribution in [2.45, 2.75) is 19.9 Å². The molecule has 4 aromatic rings. The Kier molecular flexibility index (Phi) is 4.44. The van der Waals surface area contributed by atoms with E-state index in [-0.39, 0.29) is 17.0 Å². The number of rotatable bonds is 3. The fourth-order valence-corrected chi connectivity index (χ4v) is 5.03. The van der Waals surface area contributed by atoms with Crippen LogP contribution in [0.15, 0.2) is 59.4 Å². The van der Waals surface area contributed by atoms with Crippen molar-refractivity contribution >= 4 is 38.6 Å². The SMILES string of the molecule is CCc1cc2c(=O)nc3n(c2s1)Cc1ccccc1C3=C(O)c1cccc([N+](=O)[O-])c1. The van der Waals surface area contributed by atoms with Gasteiger partial charge in [0, 0.05) is 22.6 Å². The Hall–Kier alpha value is -3.78. The first-order valence-corrected chi connectivity index (χ1v) is 10.6. The molecule has 0 amide bonds. The second-order valence-electron chi connectivity index (χ2n) is 7.30. The number of aromatic nitrogens is 2. The van der Waals surface area contributed by atoms with Crippen molar-refractivity contribution < 1.29 is 10.0 Å². The van der Waals surface area contributed by atoms with Gasteiger partial charge in [0.25, 0.3) is 11.2 Å². The highest BCUT2D eigenvalue weighted by atomic mass is 32.1. The number of hydrogen-bond donors (Lipinski definition) is 1. The third-order valence-corrected chi connectivity index (χ3v) is 6.76. The Labute approximate surface area is 180 Å². The number of non-ortho nitro benzene ring substituents is 1. The summed E-state index contributed by atoms with van der Waals surface area (Å²) < 4.78 is 1.95. The molecular weight excluding hydrogens is 414 g/mol. The quantitative estimate of drug-likeness (QED) is 0.252. The molecule has 0 fully saturated rings.